The van der Waals surface area contributed by atoms with Gasteiger partial charge in [0.05, 0.1) is 6.10 Å². The molecule has 1 aromatic carbocycles. The number of hydrogen-bond donors (Lipinski definition) is 1. The summed E-state index contributed by atoms with van der Waals surface area (Å²) in [5.74, 6) is 0.929. The van der Waals surface area contributed by atoms with Gasteiger partial charge in [0.2, 0.25) is 0 Å². The summed E-state index contributed by atoms with van der Waals surface area (Å²) < 4.78 is 11.3. The Balaban J connectivity index is 1.51. The van der Waals surface area contributed by atoms with Crippen molar-refractivity contribution >= 4 is 5.69 Å². The zero-order valence-electron chi connectivity index (χ0n) is 12.0. The summed E-state index contributed by atoms with van der Waals surface area (Å²) in [4.78, 5) is 2.40. The number of nitrogens with zero attached hydrogens (tertiary/aromatic N) is 1. The smallest absolute Gasteiger partial charge is 0.119 e. The van der Waals surface area contributed by atoms with E-state index in [2.05, 4.69) is 29.2 Å². The normalized spacial score (nSPS) is 24.1. The van der Waals surface area contributed by atoms with Gasteiger partial charge >= 0.3 is 0 Å². The van der Waals surface area contributed by atoms with Gasteiger partial charge in [0.15, 0.2) is 0 Å². The number of ether oxygens (including phenoxy) is 2. The van der Waals surface area contributed by atoms with Gasteiger partial charge in [-0.15, -0.1) is 0 Å². The molecular formula is C16H24N2O2. The maximum atomic E-state index is 5.94. The van der Waals surface area contributed by atoms with Crippen molar-refractivity contribution in [3.8, 4) is 5.75 Å². The number of hydrogen-bond acceptors (Lipinski definition) is 4. The van der Waals surface area contributed by atoms with Crippen molar-refractivity contribution in [2.45, 2.75) is 37.8 Å². The largest absolute Gasteiger partial charge is 0.491 e. The van der Waals surface area contributed by atoms with Crippen molar-refractivity contribution in [2.75, 3.05) is 31.2 Å². The monoisotopic (exact) mass is 276 g/mol. The van der Waals surface area contributed by atoms with Crippen LogP contribution in [0.5, 0.6) is 5.75 Å². The molecule has 2 N–H and O–H groups in total. The molecule has 20 heavy (non-hydrogen) atoms. The molecule has 0 saturated carbocycles. The van der Waals surface area contributed by atoms with Crippen LogP contribution in [0.4, 0.5) is 5.69 Å². The zero-order valence-corrected chi connectivity index (χ0v) is 12.0. The molecule has 1 aromatic rings. The first-order valence-electron chi connectivity index (χ1n) is 7.66. The summed E-state index contributed by atoms with van der Waals surface area (Å²) in [6, 6.07) is 8.77. The van der Waals surface area contributed by atoms with Crippen LogP contribution in [0.15, 0.2) is 24.3 Å². The molecule has 2 saturated heterocycles. The van der Waals surface area contributed by atoms with E-state index >= 15 is 0 Å². The van der Waals surface area contributed by atoms with Crippen LogP contribution in [0.25, 0.3) is 0 Å². The highest BCUT2D eigenvalue weighted by atomic mass is 16.5. The molecule has 4 heteroatoms. The summed E-state index contributed by atoms with van der Waals surface area (Å²) in [5, 5.41) is 0. The molecule has 0 aromatic heterocycles. The van der Waals surface area contributed by atoms with E-state index < -0.39 is 0 Å². The van der Waals surface area contributed by atoms with Crippen LogP contribution in [0.2, 0.25) is 0 Å². The average molecular weight is 276 g/mol. The number of rotatable bonds is 4. The molecule has 0 aliphatic carbocycles. The third kappa shape index (κ3) is 3.44. The molecule has 0 bridgehead atoms. The van der Waals surface area contributed by atoms with Crippen LogP contribution in [0, 0.1) is 0 Å². The number of benzene rings is 1. The third-order valence-electron chi connectivity index (χ3n) is 4.20. The van der Waals surface area contributed by atoms with Gasteiger partial charge in [-0.05, 0) is 49.9 Å². The minimum Gasteiger partial charge on any atom is -0.491 e. The summed E-state index contributed by atoms with van der Waals surface area (Å²) in [6.07, 6.45) is 4.71. The first-order valence-corrected chi connectivity index (χ1v) is 7.66. The van der Waals surface area contributed by atoms with E-state index in [1.165, 1.54) is 5.69 Å². The maximum Gasteiger partial charge on any atom is 0.119 e. The van der Waals surface area contributed by atoms with Gasteiger partial charge in [-0.2, -0.15) is 0 Å². The van der Waals surface area contributed by atoms with Crippen molar-refractivity contribution < 1.29 is 9.47 Å². The molecular weight excluding hydrogens is 252 g/mol. The van der Waals surface area contributed by atoms with Crippen molar-refractivity contribution in [3.63, 3.8) is 0 Å². The van der Waals surface area contributed by atoms with Crippen LogP contribution in [0.1, 0.15) is 25.7 Å². The zero-order chi connectivity index (χ0) is 13.8. The van der Waals surface area contributed by atoms with E-state index in [9.17, 15) is 0 Å². The summed E-state index contributed by atoms with van der Waals surface area (Å²) in [5.41, 5.74) is 7.21. The highest BCUT2D eigenvalue weighted by molar-refractivity contribution is 5.49. The second kappa shape index (κ2) is 6.46. The summed E-state index contributed by atoms with van der Waals surface area (Å²) in [7, 11) is 0. The molecule has 1 unspecified atom stereocenters. The molecule has 0 amide bonds. The lowest BCUT2D eigenvalue weighted by atomic mass is 10.1. The van der Waals surface area contributed by atoms with Gasteiger partial charge in [-0.3, -0.25) is 0 Å². The second-order valence-corrected chi connectivity index (χ2v) is 5.76. The van der Waals surface area contributed by atoms with E-state index in [0.717, 1.165) is 51.1 Å². The van der Waals surface area contributed by atoms with Crippen LogP contribution in [-0.2, 0) is 4.74 Å². The van der Waals surface area contributed by atoms with Gasteiger partial charge in [0.1, 0.15) is 12.4 Å². The highest BCUT2D eigenvalue weighted by Crippen LogP contribution is 2.23. The lowest BCUT2D eigenvalue weighted by Crippen LogP contribution is -2.39. The van der Waals surface area contributed by atoms with E-state index in [1.807, 2.05) is 0 Å². The Morgan fingerprint density at radius 3 is 2.55 bits per heavy atom. The van der Waals surface area contributed by atoms with Crippen LogP contribution in [0.3, 0.4) is 0 Å². The number of anilines is 1. The third-order valence-corrected chi connectivity index (χ3v) is 4.20. The maximum absolute atomic E-state index is 5.94. The standard InChI is InChI=1S/C16H24N2O2/c17-13-7-9-18(10-8-13)14-3-5-15(6-4-14)20-12-16-2-1-11-19-16/h3-6,13,16H,1-2,7-12,17H2. The Bertz CT molecular complexity index is 407. The molecule has 110 valence electrons. The molecule has 2 fully saturated rings. The molecule has 1 atom stereocenters. The molecule has 0 spiro atoms. The quantitative estimate of drug-likeness (QED) is 0.915. The highest BCUT2D eigenvalue weighted by Gasteiger charge is 2.17. The van der Waals surface area contributed by atoms with Crippen molar-refractivity contribution in [3.05, 3.63) is 24.3 Å². The Morgan fingerprint density at radius 2 is 1.90 bits per heavy atom. The lowest BCUT2D eigenvalue weighted by molar-refractivity contribution is 0.0679. The van der Waals surface area contributed by atoms with Crippen LogP contribution in [-0.4, -0.2) is 38.4 Å². The van der Waals surface area contributed by atoms with Crippen molar-refractivity contribution in [1.29, 1.82) is 0 Å². The first-order chi connectivity index (χ1) is 9.81. The SMILES string of the molecule is NC1CCN(c2ccc(OCC3CCCO3)cc2)CC1. The predicted octanol–water partition coefficient (Wildman–Crippen LogP) is 2.17. The van der Waals surface area contributed by atoms with Crippen LogP contribution < -0.4 is 15.4 Å². The second-order valence-electron chi connectivity index (χ2n) is 5.76. The average Bonchev–Trinajstić information content (AvgIpc) is 3.00. The Hall–Kier alpha value is -1.26. The van der Waals surface area contributed by atoms with E-state index in [1.54, 1.807) is 0 Å². The molecule has 2 heterocycles. The Labute approximate surface area is 120 Å². The fraction of sp³-hybridized carbons (Fsp3) is 0.625. The van der Waals surface area contributed by atoms with Gasteiger partial charge in [0.25, 0.3) is 0 Å². The first kappa shape index (κ1) is 13.7. The molecule has 4 nitrogen and oxygen atoms in total. The van der Waals surface area contributed by atoms with E-state index in [-0.39, 0.29) is 6.10 Å². The minimum absolute atomic E-state index is 0.276. The number of piperidine rings is 1. The van der Waals surface area contributed by atoms with E-state index in [4.69, 9.17) is 15.2 Å². The fourth-order valence-corrected chi connectivity index (χ4v) is 2.88. The van der Waals surface area contributed by atoms with E-state index in [0.29, 0.717) is 12.6 Å². The minimum atomic E-state index is 0.276. The summed E-state index contributed by atoms with van der Waals surface area (Å²) in [6.45, 7) is 3.65. The van der Waals surface area contributed by atoms with Gasteiger partial charge < -0.3 is 20.1 Å². The van der Waals surface area contributed by atoms with Gasteiger partial charge in [-0.1, -0.05) is 0 Å². The van der Waals surface area contributed by atoms with Crippen LogP contribution >= 0.6 is 0 Å². The molecule has 2 aliphatic heterocycles. The molecule has 2 aliphatic rings. The summed E-state index contributed by atoms with van der Waals surface area (Å²) >= 11 is 0. The Morgan fingerprint density at radius 1 is 1.15 bits per heavy atom. The molecule has 0 radical (unpaired) electrons. The Kier molecular flexibility index (Phi) is 4.43. The topological polar surface area (TPSA) is 47.7 Å². The van der Waals surface area contributed by atoms with Gasteiger partial charge in [-0.25, -0.2) is 0 Å². The fourth-order valence-electron chi connectivity index (χ4n) is 2.88. The van der Waals surface area contributed by atoms with Gasteiger partial charge in [0, 0.05) is 31.4 Å². The number of nitrogens with two attached hydrogens (primary N) is 1. The van der Waals surface area contributed by atoms with Crippen molar-refractivity contribution in [1.82, 2.24) is 0 Å². The lowest BCUT2D eigenvalue weighted by Gasteiger charge is -2.32. The molecule has 3 rings (SSSR count). The van der Waals surface area contributed by atoms with Crippen molar-refractivity contribution in [2.24, 2.45) is 5.73 Å². The predicted molar refractivity (Wildman–Crippen MR) is 80.3 cm³/mol.